The van der Waals surface area contributed by atoms with E-state index in [9.17, 15) is 13.2 Å². The van der Waals surface area contributed by atoms with Crippen LogP contribution < -0.4 is 14.8 Å². The molecule has 0 bridgehead atoms. The highest BCUT2D eigenvalue weighted by Gasteiger charge is 2.21. The highest BCUT2D eigenvalue weighted by molar-refractivity contribution is 7.92. The van der Waals surface area contributed by atoms with E-state index in [1.165, 1.54) is 0 Å². The van der Waals surface area contributed by atoms with Gasteiger partial charge >= 0.3 is 0 Å². The first kappa shape index (κ1) is 15.4. The van der Waals surface area contributed by atoms with Crippen LogP contribution in [-0.2, 0) is 21.2 Å². The van der Waals surface area contributed by atoms with Crippen molar-refractivity contribution in [3.05, 3.63) is 54.1 Å². The van der Waals surface area contributed by atoms with Gasteiger partial charge in [-0.3, -0.25) is 9.52 Å². The molecule has 0 spiro atoms. The highest BCUT2D eigenvalue weighted by Crippen LogP contribution is 2.35. The van der Waals surface area contributed by atoms with Crippen molar-refractivity contribution in [3.8, 4) is 5.75 Å². The molecule has 0 saturated carbocycles. The topological polar surface area (TPSA) is 84.5 Å². The predicted molar refractivity (Wildman–Crippen MR) is 88.1 cm³/mol. The fourth-order valence-corrected chi connectivity index (χ4v) is 3.41. The molecule has 0 aromatic heterocycles. The average Bonchev–Trinajstić information content (AvgIpc) is 2.54. The van der Waals surface area contributed by atoms with Crippen molar-refractivity contribution in [2.24, 2.45) is 0 Å². The second-order valence-corrected chi connectivity index (χ2v) is 7.01. The van der Waals surface area contributed by atoms with Crippen LogP contribution >= 0.6 is 0 Å². The molecule has 2 N–H and O–H groups in total. The number of hydrogen-bond acceptors (Lipinski definition) is 4. The average molecular weight is 332 g/mol. The lowest BCUT2D eigenvalue weighted by Crippen LogP contribution is -2.27. The molecule has 1 heterocycles. The summed E-state index contributed by atoms with van der Waals surface area (Å²) in [6.07, 6.45) is 0.411. The summed E-state index contributed by atoms with van der Waals surface area (Å²) in [6, 6.07) is 14.3. The van der Waals surface area contributed by atoms with Gasteiger partial charge < -0.3 is 10.1 Å². The zero-order chi connectivity index (χ0) is 16.3. The molecule has 2 aromatic rings. The summed E-state index contributed by atoms with van der Waals surface area (Å²) in [6.45, 7) is -0.0722. The third-order valence-electron chi connectivity index (χ3n) is 3.42. The molecular weight excluding hydrogens is 316 g/mol. The number of carbonyl (C=O) groups is 1. The van der Waals surface area contributed by atoms with Crippen LogP contribution in [-0.4, -0.2) is 26.7 Å². The van der Waals surface area contributed by atoms with Crippen LogP contribution in [0.5, 0.6) is 5.75 Å². The molecule has 0 saturated heterocycles. The zero-order valence-corrected chi connectivity index (χ0v) is 13.1. The maximum Gasteiger partial charge on any atom is 0.262 e. The van der Waals surface area contributed by atoms with Gasteiger partial charge in [-0.25, -0.2) is 8.42 Å². The van der Waals surface area contributed by atoms with Crippen LogP contribution in [0.4, 0.5) is 11.4 Å². The number of anilines is 2. The summed E-state index contributed by atoms with van der Waals surface area (Å²) in [4.78, 5) is 11.4. The van der Waals surface area contributed by atoms with Crippen LogP contribution in [0.2, 0.25) is 0 Å². The van der Waals surface area contributed by atoms with Crippen LogP contribution in [0.1, 0.15) is 5.56 Å². The molecule has 2 aromatic carbocycles. The van der Waals surface area contributed by atoms with Crippen LogP contribution in [0.25, 0.3) is 0 Å². The summed E-state index contributed by atoms with van der Waals surface area (Å²) in [5, 5.41) is 2.63. The Morgan fingerprint density at radius 2 is 1.87 bits per heavy atom. The van der Waals surface area contributed by atoms with Gasteiger partial charge in [-0.1, -0.05) is 36.4 Å². The van der Waals surface area contributed by atoms with Crippen molar-refractivity contribution >= 4 is 27.3 Å². The first-order valence-corrected chi connectivity index (χ1v) is 8.79. The fraction of sp³-hybridized carbons (Fsp3) is 0.188. The molecule has 3 rings (SSSR count). The summed E-state index contributed by atoms with van der Waals surface area (Å²) in [5.41, 5.74) is 1.61. The number of benzene rings is 2. The molecule has 23 heavy (non-hydrogen) atoms. The van der Waals surface area contributed by atoms with Crippen molar-refractivity contribution in [1.82, 2.24) is 0 Å². The molecule has 120 valence electrons. The van der Waals surface area contributed by atoms with E-state index in [0.717, 1.165) is 5.56 Å². The van der Waals surface area contributed by atoms with E-state index in [1.807, 2.05) is 30.3 Å². The number of fused-ring (bicyclic) bond motifs is 1. The lowest BCUT2D eigenvalue weighted by molar-refractivity contribution is -0.118. The van der Waals surface area contributed by atoms with E-state index in [-0.39, 0.29) is 18.3 Å². The van der Waals surface area contributed by atoms with Gasteiger partial charge in [0.25, 0.3) is 5.91 Å². The Balaban J connectivity index is 1.75. The summed E-state index contributed by atoms with van der Waals surface area (Å²) < 4.78 is 32.3. The minimum atomic E-state index is -3.54. The molecule has 0 fully saturated rings. The predicted octanol–water partition coefficient (Wildman–Crippen LogP) is 2.00. The molecular formula is C16H16N2O4S. The second-order valence-electron chi connectivity index (χ2n) is 5.17. The zero-order valence-electron chi connectivity index (χ0n) is 12.3. The number of hydrogen-bond donors (Lipinski definition) is 2. The molecule has 0 radical (unpaired) electrons. The highest BCUT2D eigenvalue weighted by atomic mass is 32.2. The molecule has 0 unspecified atom stereocenters. The number of aryl methyl sites for hydroxylation is 1. The number of ether oxygens (including phenoxy) is 1. The minimum absolute atomic E-state index is 0.0461. The number of sulfonamides is 1. The van der Waals surface area contributed by atoms with E-state index in [4.69, 9.17) is 4.74 Å². The molecule has 6 nitrogen and oxygen atoms in total. The van der Waals surface area contributed by atoms with Crippen LogP contribution in [0.3, 0.4) is 0 Å². The summed E-state index contributed by atoms with van der Waals surface area (Å²) in [7, 11) is -3.54. The molecule has 1 amide bonds. The van der Waals surface area contributed by atoms with Gasteiger partial charge in [-0.15, -0.1) is 0 Å². The fourth-order valence-electron chi connectivity index (χ4n) is 2.30. The summed E-state index contributed by atoms with van der Waals surface area (Å²) in [5.74, 6) is 0.0939. The van der Waals surface area contributed by atoms with Gasteiger partial charge in [0.05, 0.1) is 11.4 Å². The molecule has 0 aliphatic carbocycles. The first-order valence-electron chi connectivity index (χ1n) is 7.13. The number of carbonyl (C=O) groups excluding carboxylic acids is 1. The van der Waals surface area contributed by atoms with Crippen molar-refractivity contribution in [2.45, 2.75) is 6.42 Å². The molecule has 7 heteroatoms. The monoisotopic (exact) mass is 332 g/mol. The normalized spacial score (nSPS) is 13.7. The largest absolute Gasteiger partial charge is 0.481 e. The van der Waals surface area contributed by atoms with E-state index in [2.05, 4.69) is 10.0 Å². The van der Waals surface area contributed by atoms with Gasteiger partial charge in [0, 0.05) is 0 Å². The van der Waals surface area contributed by atoms with Gasteiger partial charge in [0.2, 0.25) is 10.0 Å². The number of nitrogens with one attached hydrogen (secondary N) is 2. The Morgan fingerprint density at radius 1 is 1.09 bits per heavy atom. The minimum Gasteiger partial charge on any atom is -0.481 e. The van der Waals surface area contributed by atoms with E-state index in [1.54, 1.807) is 18.2 Å². The standard InChI is InChI=1S/C16H16N2O4S/c19-15-11-22-14-8-4-7-13(16(14)17-15)18-23(20,21)10-9-12-5-2-1-3-6-12/h1-8,18H,9-11H2,(H,17,19). The Hall–Kier alpha value is -2.54. The lowest BCUT2D eigenvalue weighted by Gasteiger charge is -2.21. The Morgan fingerprint density at radius 3 is 2.65 bits per heavy atom. The van der Waals surface area contributed by atoms with E-state index < -0.39 is 10.0 Å². The molecule has 1 aliphatic rings. The van der Waals surface area contributed by atoms with Crippen molar-refractivity contribution < 1.29 is 17.9 Å². The SMILES string of the molecule is O=C1COc2cccc(NS(=O)(=O)CCc3ccccc3)c2N1. The quantitative estimate of drug-likeness (QED) is 0.877. The van der Waals surface area contributed by atoms with Crippen LogP contribution in [0, 0.1) is 0 Å². The Bertz CT molecular complexity index is 819. The lowest BCUT2D eigenvalue weighted by atomic mass is 10.2. The Labute approximate surface area is 134 Å². The van der Waals surface area contributed by atoms with Gasteiger partial charge in [-0.05, 0) is 24.1 Å². The smallest absolute Gasteiger partial charge is 0.262 e. The van der Waals surface area contributed by atoms with E-state index in [0.29, 0.717) is 23.5 Å². The number of rotatable bonds is 5. The third kappa shape index (κ3) is 3.81. The van der Waals surface area contributed by atoms with Crippen molar-refractivity contribution in [3.63, 3.8) is 0 Å². The summed E-state index contributed by atoms with van der Waals surface area (Å²) >= 11 is 0. The molecule has 1 aliphatic heterocycles. The van der Waals surface area contributed by atoms with Gasteiger partial charge in [-0.2, -0.15) is 0 Å². The third-order valence-corrected chi connectivity index (χ3v) is 4.69. The van der Waals surface area contributed by atoms with Crippen molar-refractivity contribution in [2.75, 3.05) is 22.4 Å². The molecule has 0 atom stereocenters. The second kappa shape index (κ2) is 6.29. The maximum absolute atomic E-state index is 12.3. The van der Waals surface area contributed by atoms with Gasteiger partial charge in [0.1, 0.15) is 11.4 Å². The van der Waals surface area contributed by atoms with E-state index >= 15 is 0 Å². The van der Waals surface area contributed by atoms with Gasteiger partial charge in [0.15, 0.2) is 6.61 Å². The maximum atomic E-state index is 12.3. The number of amides is 1. The first-order chi connectivity index (χ1) is 11.0. The Kier molecular flexibility index (Phi) is 4.20. The van der Waals surface area contributed by atoms with Crippen molar-refractivity contribution in [1.29, 1.82) is 0 Å². The number of para-hydroxylation sites is 1. The van der Waals surface area contributed by atoms with Crippen LogP contribution in [0.15, 0.2) is 48.5 Å².